The number of nitrogens with zero attached hydrogens (tertiary/aromatic N) is 2. The van der Waals surface area contributed by atoms with Gasteiger partial charge in [0, 0.05) is 26.2 Å². The Hall–Kier alpha value is -2.02. The van der Waals surface area contributed by atoms with Crippen LogP contribution >= 0.6 is 0 Å². The Balaban J connectivity index is 2.06. The van der Waals surface area contributed by atoms with Crippen LogP contribution in [0.4, 0.5) is 8.78 Å². The van der Waals surface area contributed by atoms with Gasteiger partial charge < -0.3 is 15.5 Å². The molecule has 1 aliphatic heterocycles. The quantitative estimate of drug-likeness (QED) is 0.869. The normalized spacial score (nSPS) is 16.8. The summed E-state index contributed by atoms with van der Waals surface area (Å²) in [6.07, 6.45) is 0. The molecule has 0 unspecified atom stereocenters. The molecule has 0 saturated carbocycles. The maximum atomic E-state index is 13.6. The van der Waals surface area contributed by atoms with E-state index in [0.717, 1.165) is 12.1 Å². The molecule has 2 N–H and O–H groups in total. The van der Waals surface area contributed by atoms with Crippen molar-refractivity contribution in [2.24, 2.45) is 5.73 Å². The fraction of sp³-hybridized carbons (Fsp3) is 0.429. The third-order valence-electron chi connectivity index (χ3n) is 3.44. The number of carbonyl (C=O) groups excluding carboxylic acids is 2. The number of piperazine rings is 1. The molecule has 1 heterocycles. The minimum absolute atomic E-state index is 0.195. The Bertz CT molecular complexity index is 535. The first kappa shape index (κ1) is 15.4. The molecule has 2 amide bonds. The average Bonchev–Trinajstić information content (AvgIpc) is 2.46. The third kappa shape index (κ3) is 3.18. The minimum Gasteiger partial charge on any atom is -0.338 e. The van der Waals surface area contributed by atoms with Crippen molar-refractivity contribution < 1.29 is 18.4 Å². The van der Waals surface area contributed by atoms with E-state index < -0.39 is 29.1 Å². The molecule has 5 nitrogen and oxygen atoms in total. The molecule has 7 heteroatoms. The summed E-state index contributed by atoms with van der Waals surface area (Å²) >= 11 is 0. The number of amides is 2. The Morgan fingerprint density at radius 3 is 2.05 bits per heavy atom. The lowest BCUT2D eigenvalue weighted by atomic mass is 10.1. The van der Waals surface area contributed by atoms with Crippen molar-refractivity contribution in [1.82, 2.24) is 9.80 Å². The predicted octanol–water partition coefficient (Wildman–Crippen LogP) is 0.596. The number of hydrogen-bond acceptors (Lipinski definition) is 3. The van der Waals surface area contributed by atoms with Gasteiger partial charge in [0.15, 0.2) is 0 Å². The van der Waals surface area contributed by atoms with Gasteiger partial charge in [-0.15, -0.1) is 0 Å². The lowest BCUT2D eigenvalue weighted by molar-refractivity contribution is -0.133. The van der Waals surface area contributed by atoms with E-state index in [4.69, 9.17) is 5.73 Å². The zero-order valence-electron chi connectivity index (χ0n) is 11.7. The molecule has 1 aromatic carbocycles. The second-order valence-corrected chi connectivity index (χ2v) is 5.00. The number of hydrogen-bond donors (Lipinski definition) is 1. The summed E-state index contributed by atoms with van der Waals surface area (Å²) in [6.45, 7) is 2.66. The van der Waals surface area contributed by atoms with Crippen LogP contribution in [0.25, 0.3) is 0 Å². The van der Waals surface area contributed by atoms with Gasteiger partial charge in [-0.1, -0.05) is 6.07 Å². The topological polar surface area (TPSA) is 66.6 Å². The zero-order chi connectivity index (χ0) is 15.6. The number of halogens is 2. The molecule has 1 aromatic rings. The van der Waals surface area contributed by atoms with Crippen molar-refractivity contribution in [2.75, 3.05) is 26.2 Å². The first-order valence-electron chi connectivity index (χ1n) is 6.69. The van der Waals surface area contributed by atoms with Crippen LogP contribution in [-0.2, 0) is 4.79 Å². The van der Waals surface area contributed by atoms with Gasteiger partial charge in [0.05, 0.1) is 6.04 Å². The van der Waals surface area contributed by atoms with E-state index in [2.05, 4.69) is 0 Å². The number of benzene rings is 1. The van der Waals surface area contributed by atoms with Gasteiger partial charge in [0.25, 0.3) is 5.91 Å². The van der Waals surface area contributed by atoms with Gasteiger partial charge in [-0.3, -0.25) is 9.59 Å². The van der Waals surface area contributed by atoms with Gasteiger partial charge in [-0.2, -0.15) is 0 Å². The maximum absolute atomic E-state index is 13.6. The molecular weight excluding hydrogens is 280 g/mol. The van der Waals surface area contributed by atoms with E-state index in [0.29, 0.717) is 13.1 Å². The summed E-state index contributed by atoms with van der Waals surface area (Å²) < 4.78 is 27.2. The third-order valence-corrected chi connectivity index (χ3v) is 3.44. The lowest BCUT2D eigenvalue weighted by Gasteiger charge is -2.35. The summed E-state index contributed by atoms with van der Waals surface area (Å²) in [6, 6.07) is 2.70. The molecule has 114 valence electrons. The smallest absolute Gasteiger partial charge is 0.259 e. The Kier molecular flexibility index (Phi) is 4.52. The molecule has 0 radical (unpaired) electrons. The van der Waals surface area contributed by atoms with Crippen LogP contribution in [0.3, 0.4) is 0 Å². The summed E-state index contributed by atoms with van der Waals surface area (Å²) in [4.78, 5) is 26.8. The van der Waals surface area contributed by atoms with E-state index in [1.54, 1.807) is 11.8 Å². The molecule has 1 fully saturated rings. The van der Waals surface area contributed by atoms with Crippen LogP contribution in [0.1, 0.15) is 17.3 Å². The number of nitrogens with two attached hydrogens (primary N) is 1. The highest BCUT2D eigenvalue weighted by Crippen LogP contribution is 2.16. The van der Waals surface area contributed by atoms with Crippen molar-refractivity contribution in [3.63, 3.8) is 0 Å². The van der Waals surface area contributed by atoms with Gasteiger partial charge in [-0.25, -0.2) is 8.78 Å². The standard InChI is InChI=1S/C14H17F2N3O2/c1-9(17)13(20)18-5-7-19(8-6-18)14(21)12-10(15)3-2-4-11(12)16/h2-4,9H,5-8,17H2,1H3/t9-/m0/s1. The van der Waals surface area contributed by atoms with E-state index in [1.807, 2.05) is 0 Å². The summed E-state index contributed by atoms with van der Waals surface area (Å²) in [5.74, 6) is -2.65. The van der Waals surface area contributed by atoms with Crippen LogP contribution in [0.5, 0.6) is 0 Å². The van der Waals surface area contributed by atoms with Crippen LogP contribution in [-0.4, -0.2) is 53.8 Å². The Morgan fingerprint density at radius 2 is 1.57 bits per heavy atom. The largest absolute Gasteiger partial charge is 0.338 e. The van der Waals surface area contributed by atoms with Gasteiger partial charge >= 0.3 is 0 Å². The van der Waals surface area contributed by atoms with E-state index in [-0.39, 0.29) is 19.0 Å². The number of carbonyl (C=O) groups is 2. The Labute approximate surface area is 121 Å². The van der Waals surface area contributed by atoms with Crippen molar-refractivity contribution in [3.05, 3.63) is 35.4 Å². The molecule has 0 bridgehead atoms. The predicted molar refractivity (Wildman–Crippen MR) is 72.5 cm³/mol. The molecule has 1 aliphatic rings. The van der Waals surface area contributed by atoms with Crippen LogP contribution in [0, 0.1) is 11.6 Å². The fourth-order valence-corrected chi connectivity index (χ4v) is 2.28. The van der Waals surface area contributed by atoms with Crippen LogP contribution in [0.15, 0.2) is 18.2 Å². The monoisotopic (exact) mass is 297 g/mol. The molecule has 1 saturated heterocycles. The SMILES string of the molecule is C[C@H](N)C(=O)N1CCN(C(=O)c2c(F)cccc2F)CC1. The highest BCUT2D eigenvalue weighted by molar-refractivity contribution is 5.95. The van der Waals surface area contributed by atoms with E-state index in [9.17, 15) is 18.4 Å². The van der Waals surface area contributed by atoms with Crippen molar-refractivity contribution >= 4 is 11.8 Å². The lowest BCUT2D eigenvalue weighted by Crippen LogP contribution is -2.53. The van der Waals surface area contributed by atoms with Crippen molar-refractivity contribution in [3.8, 4) is 0 Å². The summed E-state index contributed by atoms with van der Waals surface area (Å²) in [5, 5.41) is 0. The second kappa shape index (κ2) is 6.17. The number of rotatable bonds is 2. The molecule has 1 atom stereocenters. The van der Waals surface area contributed by atoms with Crippen LogP contribution in [0.2, 0.25) is 0 Å². The van der Waals surface area contributed by atoms with Crippen LogP contribution < -0.4 is 5.73 Å². The van der Waals surface area contributed by atoms with E-state index in [1.165, 1.54) is 11.0 Å². The molecule has 0 spiro atoms. The molecule has 0 aromatic heterocycles. The fourth-order valence-electron chi connectivity index (χ4n) is 2.28. The molecular formula is C14H17F2N3O2. The maximum Gasteiger partial charge on any atom is 0.259 e. The van der Waals surface area contributed by atoms with Gasteiger partial charge in [0.1, 0.15) is 17.2 Å². The van der Waals surface area contributed by atoms with Crippen molar-refractivity contribution in [2.45, 2.75) is 13.0 Å². The zero-order valence-corrected chi connectivity index (χ0v) is 11.7. The highest BCUT2D eigenvalue weighted by Gasteiger charge is 2.28. The highest BCUT2D eigenvalue weighted by atomic mass is 19.1. The summed E-state index contributed by atoms with van der Waals surface area (Å²) in [5.41, 5.74) is 4.97. The molecule has 0 aliphatic carbocycles. The first-order valence-corrected chi connectivity index (χ1v) is 6.69. The minimum atomic E-state index is -0.880. The first-order chi connectivity index (χ1) is 9.91. The van der Waals surface area contributed by atoms with Gasteiger partial charge in [0.2, 0.25) is 5.91 Å². The van der Waals surface area contributed by atoms with Gasteiger partial charge in [-0.05, 0) is 19.1 Å². The van der Waals surface area contributed by atoms with Crippen molar-refractivity contribution in [1.29, 1.82) is 0 Å². The van der Waals surface area contributed by atoms with E-state index >= 15 is 0 Å². The average molecular weight is 297 g/mol. The Morgan fingerprint density at radius 1 is 1.10 bits per heavy atom. The summed E-state index contributed by atoms with van der Waals surface area (Å²) in [7, 11) is 0. The second-order valence-electron chi connectivity index (χ2n) is 5.00. The molecule has 21 heavy (non-hydrogen) atoms. The molecule has 2 rings (SSSR count).